The molecule has 0 unspecified atom stereocenters. The molecule has 0 spiro atoms. The summed E-state index contributed by atoms with van der Waals surface area (Å²) in [6.45, 7) is 3.33. The molecule has 1 aliphatic rings. The van der Waals surface area contributed by atoms with E-state index in [1.54, 1.807) is 13.3 Å². The van der Waals surface area contributed by atoms with Crippen LogP contribution in [0.1, 0.15) is 15.9 Å². The minimum Gasteiger partial charge on any atom is -0.496 e. The van der Waals surface area contributed by atoms with E-state index in [1.165, 1.54) is 0 Å². The van der Waals surface area contributed by atoms with E-state index in [0.717, 1.165) is 30.0 Å². The third-order valence-corrected chi connectivity index (χ3v) is 6.08. The Morgan fingerprint density at radius 1 is 0.912 bits per heavy atom. The Morgan fingerprint density at radius 2 is 1.65 bits per heavy atom. The second kappa shape index (κ2) is 9.79. The fourth-order valence-corrected chi connectivity index (χ4v) is 4.32. The van der Waals surface area contributed by atoms with Crippen molar-refractivity contribution in [3.8, 4) is 17.0 Å². The maximum Gasteiger partial charge on any atom is 0.257 e. The molecule has 1 amide bonds. The van der Waals surface area contributed by atoms with E-state index < -0.39 is 0 Å². The summed E-state index contributed by atoms with van der Waals surface area (Å²) in [5.74, 6) is 1.63. The van der Waals surface area contributed by atoms with Crippen molar-refractivity contribution in [1.29, 1.82) is 0 Å². The number of benzene rings is 2. The monoisotopic (exact) mass is 453 g/mol. The lowest BCUT2D eigenvalue weighted by atomic mass is 10.1. The molecule has 172 valence electrons. The first kappa shape index (κ1) is 21.7. The number of nitrogens with zero attached hydrogens (tertiary/aromatic N) is 5. The van der Waals surface area contributed by atoms with Crippen molar-refractivity contribution in [2.45, 2.75) is 6.54 Å². The van der Waals surface area contributed by atoms with Crippen LogP contribution >= 0.6 is 0 Å². The molecule has 34 heavy (non-hydrogen) atoms. The van der Waals surface area contributed by atoms with E-state index >= 15 is 0 Å². The highest BCUT2D eigenvalue weighted by molar-refractivity contribution is 6.00. The van der Waals surface area contributed by atoms with Gasteiger partial charge in [-0.15, -0.1) is 0 Å². The topological polar surface area (TPSA) is 63.5 Å². The number of aromatic nitrogens is 3. The van der Waals surface area contributed by atoms with Crippen LogP contribution in [-0.2, 0) is 6.54 Å². The van der Waals surface area contributed by atoms with Crippen molar-refractivity contribution >= 4 is 11.7 Å². The lowest BCUT2D eigenvalue weighted by Gasteiger charge is -2.35. The fraction of sp³-hybridized carbons (Fsp3) is 0.222. The van der Waals surface area contributed by atoms with Crippen LogP contribution in [0.2, 0.25) is 0 Å². The van der Waals surface area contributed by atoms with Gasteiger partial charge in [-0.3, -0.25) is 9.48 Å². The number of rotatable bonds is 6. The maximum absolute atomic E-state index is 13.7. The standard InChI is InChI=1S/C27H27N5O2/c1-34-24-12-6-5-11-22(24)26-23(20-32(29-26)19-21-9-3-2-4-10-21)27(33)31-17-15-30(16-18-31)25-13-7-8-14-28-25/h2-14,20H,15-19H2,1H3. The van der Waals surface area contributed by atoms with Crippen LogP contribution in [0.3, 0.4) is 0 Å². The summed E-state index contributed by atoms with van der Waals surface area (Å²) in [7, 11) is 1.64. The Morgan fingerprint density at radius 3 is 2.38 bits per heavy atom. The van der Waals surface area contributed by atoms with Gasteiger partial charge in [-0.05, 0) is 29.8 Å². The number of carbonyl (C=O) groups excluding carboxylic acids is 1. The van der Waals surface area contributed by atoms with Crippen LogP contribution in [0.4, 0.5) is 5.82 Å². The Kier molecular flexibility index (Phi) is 6.25. The second-order valence-electron chi connectivity index (χ2n) is 8.24. The molecule has 3 heterocycles. The average Bonchev–Trinajstić information content (AvgIpc) is 3.33. The van der Waals surface area contributed by atoms with Gasteiger partial charge in [0.25, 0.3) is 5.91 Å². The molecule has 0 aliphatic carbocycles. The summed E-state index contributed by atoms with van der Waals surface area (Å²) in [5, 5.41) is 4.83. The maximum atomic E-state index is 13.7. The van der Waals surface area contributed by atoms with E-state index in [0.29, 0.717) is 36.6 Å². The van der Waals surface area contributed by atoms with Crippen LogP contribution in [0.5, 0.6) is 5.75 Å². The average molecular weight is 454 g/mol. The molecule has 7 heteroatoms. The molecule has 2 aromatic heterocycles. The molecule has 0 N–H and O–H groups in total. The van der Waals surface area contributed by atoms with Crippen molar-refractivity contribution in [3.63, 3.8) is 0 Å². The summed E-state index contributed by atoms with van der Waals surface area (Å²) in [5.41, 5.74) is 3.17. The van der Waals surface area contributed by atoms with Crippen LogP contribution in [0.15, 0.2) is 85.2 Å². The fourth-order valence-electron chi connectivity index (χ4n) is 4.32. The Labute approximate surface area is 199 Å². The lowest BCUT2D eigenvalue weighted by Crippen LogP contribution is -2.49. The highest BCUT2D eigenvalue weighted by Gasteiger charge is 2.27. The van der Waals surface area contributed by atoms with Crippen molar-refractivity contribution in [1.82, 2.24) is 19.7 Å². The van der Waals surface area contributed by atoms with E-state index in [9.17, 15) is 4.79 Å². The molecule has 0 radical (unpaired) electrons. The lowest BCUT2D eigenvalue weighted by molar-refractivity contribution is 0.0747. The number of amides is 1. The quantitative estimate of drug-likeness (QED) is 0.442. The normalized spacial score (nSPS) is 13.7. The first-order chi connectivity index (χ1) is 16.7. The van der Waals surface area contributed by atoms with Crippen LogP contribution in [0.25, 0.3) is 11.3 Å². The molecule has 1 fully saturated rings. The zero-order chi connectivity index (χ0) is 23.3. The first-order valence-electron chi connectivity index (χ1n) is 11.4. The van der Waals surface area contributed by atoms with Gasteiger partial charge in [0.1, 0.15) is 17.3 Å². The van der Waals surface area contributed by atoms with E-state index in [1.807, 2.05) is 76.4 Å². The number of hydrogen-bond donors (Lipinski definition) is 0. The van der Waals surface area contributed by atoms with Crippen molar-refractivity contribution in [2.24, 2.45) is 0 Å². The molecular weight excluding hydrogens is 426 g/mol. The summed E-state index contributed by atoms with van der Waals surface area (Å²) in [4.78, 5) is 22.3. The van der Waals surface area contributed by atoms with Crippen LogP contribution in [-0.4, -0.2) is 58.9 Å². The first-order valence-corrected chi connectivity index (χ1v) is 11.4. The highest BCUT2D eigenvalue weighted by Crippen LogP contribution is 2.32. The third kappa shape index (κ3) is 4.50. The zero-order valence-electron chi connectivity index (χ0n) is 19.2. The van der Waals surface area contributed by atoms with Crippen molar-refractivity contribution < 1.29 is 9.53 Å². The summed E-state index contributed by atoms with van der Waals surface area (Å²) in [6.07, 6.45) is 3.66. The van der Waals surface area contributed by atoms with Crippen LogP contribution in [0, 0.1) is 0 Å². The largest absolute Gasteiger partial charge is 0.496 e. The number of ether oxygens (including phenoxy) is 1. The minimum absolute atomic E-state index is 0.0131. The van der Waals surface area contributed by atoms with E-state index in [-0.39, 0.29) is 5.91 Å². The summed E-state index contributed by atoms with van der Waals surface area (Å²) in [6, 6.07) is 23.7. The highest BCUT2D eigenvalue weighted by atomic mass is 16.5. The van der Waals surface area contributed by atoms with Gasteiger partial charge in [-0.2, -0.15) is 5.10 Å². The van der Waals surface area contributed by atoms with Gasteiger partial charge in [0.15, 0.2) is 0 Å². The molecule has 5 rings (SSSR count). The molecule has 1 aliphatic heterocycles. The molecule has 0 atom stereocenters. The SMILES string of the molecule is COc1ccccc1-c1nn(Cc2ccccc2)cc1C(=O)N1CCN(c2ccccn2)CC1. The summed E-state index contributed by atoms with van der Waals surface area (Å²) < 4.78 is 7.42. The third-order valence-electron chi connectivity index (χ3n) is 6.08. The van der Waals surface area contributed by atoms with Gasteiger partial charge in [0.2, 0.25) is 0 Å². The molecule has 0 saturated carbocycles. The number of piperazine rings is 1. The number of anilines is 1. The van der Waals surface area contributed by atoms with E-state index in [4.69, 9.17) is 9.84 Å². The minimum atomic E-state index is -0.0131. The zero-order valence-corrected chi connectivity index (χ0v) is 19.2. The number of hydrogen-bond acceptors (Lipinski definition) is 5. The van der Waals surface area contributed by atoms with Gasteiger partial charge in [-0.1, -0.05) is 48.5 Å². The number of carbonyl (C=O) groups is 1. The second-order valence-corrected chi connectivity index (χ2v) is 8.24. The Balaban J connectivity index is 1.43. The smallest absolute Gasteiger partial charge is 0.257 e. The Hall–Kier alpha value is -4.13. The van der Waals surface area contributed by atoms with Gasteiger partial charge < -0.3 is 14.5 Å². The molecular formula is C27H27N5O2. The number of pyridine rings is 1. The molecule has 7 nitrogen and oxygen atoms in total. The van der Waals surface area contributed by atoms with Crippen molar-refractivity contribution in [3.05, 3.63) is 96.3 Å². The van der Waals surface area contributed by atoms with Crippen LogP contribution < -0.4 is 9.64 Å². The molecule has 1 saturated heterocycles. The molecule has 2 aromatic carbocycles. The number of methoxy groups -OCH3 is 1. The van der Waals surface area contributed by atoms with Gasteiger partial charge >= 0.3 is 0 Å². The Bertz CT molecular complexity index is 1250. The molecule has 4 aromatic rings. The van der Waals surface area contributed by atoms with Crippen molar-refractivity contribution in [2.75, 3.05) is 38.2 Å². The number of para-hydroxylation sites is 1. The molecule has 0 bridgehead atoms. The van der Waals surface area contributed by atoms with Gasteiger partial charge in [-0.25, -0.2) is 4.98 Å². The summed E-state index contributed by atoms with van der Waals surface area (Å²) >= 11 is 0. The van der Waals surface area contributed by atoms with Gasteiger partial charge in [0, 0.05) is 44.1 Å². The van der Waals surface area contributed by atoms with Gasteiger partial charge in [0.05, 0.1) is 19.2 Å². The van der Waals surface area contributed by atoms with E-state index in [2.05, 4.69) is 22.0 Å². The predicted molar refractivity (Wildman–Crippen MR) is 132 cm³/mol. The predicted octanol–water partition coefficient (Wildman–Crippen LogP) is 3.96.